The molecule has 0 bridgehead atoms. The normalized spacial score (nSPS) is 29.1. The molecule has 0 spiro atoms. The van der Waals surface area contributed by atoms with Gasteiger partial charge in [0.1, 0.15) is 12.6 Å². The van der Waals surface area contributed by atoms with Crippen molar-refractivity contribution < 1.29 is 14.7 Å². The van der Waals surface area contributed by atoms with Crippen molar-refractivity contribution in [2.45, 2.75) is 38.4 Å². The second-order valence-electron chi connectivity index (χ2n) is 5.34. The zero-order chi connectivity index (χ0) is 10.8. The van der Waals surface area contributed by atoms with Crippen LogP contribution in [0.15, 0.2) is 0 Å². The monoisotopic (exact) mass is 202 g/mol. The van der Waals surface area contributed by atoms with E-state index in [4.69, 9.17) is 4.74 Å². The SMILES string of the molecule is C[NH+](C)C[C@H](O)[C@@H]1CCOC(C)(C)C1. The van der Waals surface area contributed by atoms with Gasteiger partial charge in [0, 0.05) is 6.61 Å². The quantitative estimate of drug-likeness (QED) is 0.659. The van der Waals surface area contributed by atoms with Crippen LogP contribution in [0.1, 0.15) is 26.7 Å². The minimum absolute atomic E-state index is 0.0501. The van der Waals surface area contributed by atoms with Crippen LogP contribution >= 0.6 is 0 Å². The number of hydrogen-bond acceptors (Lipinski definition) is 2. The topological polar surface area (TPSA) is 33.9 Å². The molecule has 1 aliphatic heterocycles. The molecule has 1 heterocycles. The summed E-state index contributed by atoms with van der Waals surface area (Å²) < 4.78 is 5.63. The Balaban J connectivity index is 2.43. The maximum absolute atomic E-state index is 10.0. The predicted molar refractivity (Wildman–Crippen MR) is 56.4 cm³/mol. The van der Waals surface area contributed by atoms with Crippen molar-refractivity contribution in [3.8, 4) is 0 Å². The molecular weight excluding hydrogens is 178 g/mol. The Bertz CT molecular complexity index is 180. The van der Waals surface area contributed by atoms with Gasteiger partial charge in [0.2, 0.25) is 0 Å². The van der Waals surface area contributed by atoms with E-state index in [-0.39, 0.29) is 11.7 Å². The largest absolute Gasteiger partial charge is 0.387 e. The molecule has 0 aromatic carbocycles. The zero-order valence-corrected chi connectivity index (χ0v) is 9.84. The Morgan fingerprint density at radius 3 is 2.64 bits per heavy atom. The van der Waals surface area contributed by atoms with Crippen LogP contribution < -0.4 is 4.90 Å². The van der Waals surface area contributed by atoms with Crippen LogP contribution in [0.2, 0.25) is 0 Å². The Morgan fingerprint density at radius 1 is 1.50 bits per heavy atom. The molecule has 0 saturated carbocycles. The first-order valence-corrected chi connectivity index (χ1v) is 5.52. The number of quaternary nitrogens is 1. The molecule has 14 heavy (non-hydrogen) atoms. The van der Waals surface area contributed by atoms with E-state index < -0.39 is 0 Å². The second kappa shape index (κ2) is 4.60. The second-order valence-corrected chi connectivity index (χ2v) is 5.34. The summed E-state index contributed by atoms with van der Waals surface area (Å²) in [6, 6.07) is 0. The van der Waals surface area contributed by atoms with E-state index in [2.05, 4.69) is 27.9 Å². The molecule has 0 radical (unpaired) electrons. The van der Waals surface area contributed by atoms with Crippen molar-refractivity contribution in [2.75, 3.05) is 27.2 Å². The lowest BCUT2D eigenvalue weighted by Crippen LogP contribution is -3.07. The molecule has 1 saturated heterocycles. The van der Waals surface area contributed by atoms with Crippen LogP contribution in [0, 0.1) is 5.92 Å². The predicted octanol–water partition coefficient (Wildman–Crippen LogP) is -0.303. The molecule has 0 aromatic rings. The number of rotatable bonds is 3. The molecule has 0 unspecified atom stereocenters. The fraction of sp³-hybridized carbons (Fsp3) is 1.00. The van der Waals surface area contributed by atoms with Gasteiger partial charge in [0.05, 0.1) is 19.7 Å². The summed E-state index contributed by atoms with van der Waals surface area (Å²) in [5, 5.41) is 10.0. The van der Waals surface area contributed by atoms with Crippen molar-refractivity contribution in [3.05, 3.63) is 0 Å². The molecular formula is C11H24NO2+. The molecule has 1 fully saturated rings. The van der Waals surface area contributed by atoms with E-state index in [0.717, 1.165) is 26.0 Å². The maximum Gasteiger partial charge on any atom is 0.106 e. The van der Waals surface area contributed by atoms with E-state index in [1.54, 1.807) is 0 Å². The molecule has 2 N–H and O–H groups in total. The van der Waals surface area contributed by atoms with Gasteiger partial charge in [0.25, 0.3) is 0 Å². The summed E-state index contributed by atoms with van der Waals surface area (Å²) in [7, 11) is 4.15. The van der Waals surface area contributed by atoms with Crippen LogP contribution in [0.3, 0.4) is 0 Å². The standard InChI is InChI=1S/C11H23NO2/c1-11(2)7-9(5-6-14-11)10(13)8-12(3)4/h9-10,13H,5-8H2,1-4H3/p+1/t9-,10+/m1/s1. The van der Waals surface area contributed by atoms with Gasteiger partial charge in [-0.25, -0.2) is 0 Å². The summed E-state index contributed by atoms with van der Waals surface area (Å²) >= 11 is 0. The average Bonchev–Trinajstić information content (AvgIpc) is 2.01. The highest BCUT2D eigenvalue weighted by molar-refractivity contribution is 4.82. The lowest BCUT2D eigenvalue weighted by Gasteiger charge is -2.37. The van der Waals surface area contributed by atoms with Gasteiger partial charge < -0.3 is 14.7 Å². The van der Waals surface area contributed by atoms with Gasteiger partial charge in [-0.15, -0.1) is 0 Å². The van der Waals surface area contributed by atoms with Gasteiger partial charge >= 0.3 is 0 Å². The van der Waals surface area contributed by atoms with Gasteiger partial charge in [-0.3, -0.25) is 0 Å². The number of aliphatic hydroxyl groups excluding tert-OH is 1. The summed E-state index contributed by atoms with van der Waals surface area (Å²) in [5.74, 6) is 0.411. The van der Waals surface area contributed by atoms with E-state index in [1.165, 1.54) is 4.90 Å². The molecule has 84 valence electrons. The highest BCUT2D eigenvalue weighted by atomic mass is 16.5. The summed E-state index contributed by atoms with van der Waals surface area (Å²) in [5.41, 5.74) is -0.0501. The van der Waals surface area contributed by atoms with Gasteiger partial charge in [0.15, 0.2) is 0 Å². The fourth-order valence-electron chi connectivity index (χ4n) is 2.19. The van der Waals surface area contributed by atoms with Crippen molar-refractivity contribution >= 4 is 0 Å². The van der Waals surface area contributed by atoms with E-state index >= 15 is 0 Å². The first-order valence-electron chi connectivity index (χ1n) is 5.52. The smallest absolute Gasteiger partial charge is 0.106 e. The highest BCUT2D eigenvalue weighted by Gasteiger charge is 2.33. The van der Waals surface area contributed by atoms with Crippen LogP contribution in [-0.4, -0.2) is 44.1 Å². The van der Waals surface area contributed by atoms with Crippen molar-refractivity contribution in [1.29, 1.82) is 0 Å². The Morgan fingerprint density at radius 2 is 2.14 bits per heavy atom. The van der Waals surface area contributed by atoms with Gasteiger partial charge in [-0.05, 0) is 32.6 Å². The molecule has 2 atom stereocenters. The van der Waals surface area contributed by atoms with Crippen molar-refractivity contribution in [2.24, 2.45) is 5.92 Å². The summed E-state index contributed by atoms with van der Waals surface area (Å²) in [6.45, 7) is 5.83. The number of ether oxygens (including phenoxy) is 1. The van der Waals surface area contributed by atoms with E-state index in [1.807, 2.05) is 0 Å². The molecule has 0 aromatic heterocycles. The van der Waals surface area contributed by atoms with Crippen LogP contribution in [0.4, 0.5) is 0 Å². The summed E-state index contributed by atoms with van der Waals surface area (Å²) in [4.78, 5) is 1.31. The van der Waals surface area contributed by atoms with Crippen LogP contribution in [-0.2, 0) is 4.74 Å². The average molecular weight is 202 g/mol. The number of aliphatic hydroxyl groups is 1. The third kappa shape index (κ3) is 3.56. The van der Waals surface area contributed by atoms with Crippen molar-refractivity contribution in [1.82, 2.24) is 0 Å². The number of likely N-dealkylation sites (N-methyl/N-ethyl adjacent to an activating group) is 1. The fourth-order valence-corrected chi connectivity index (χ4v) is 2.19. The minimum atomic E-state index is -0.178. The van der Waals surface area contributed by atoms with Gasteiger partial charge in [-0.2, -0.15) is 0 Å². The van der Waals surface area contributed by atoms with E-state index in [0.29, 0.717) is 5.92 Å². The molecule has 0 aliphatic carbocycles. The first kappa shape index (κ1) is 12.0. The molecule has 1 rings (SSSR count). The van der Waals surface area contributed by atoms with E-state index in [9.17, 15) is 5.11 Å². The van der Waals surface area contributed by atoms with Gasteiger partial charge in [-0.1, -0.05) is 0 Å². The highest BCUT2D eigenvalue weighted by Crippen LogP contribution is 2.30. The Labute approximate surface area is 87.1 Å². The van der Waals surface area contributed by atoms with Crippen molar-refractivity contribution in [3.63, 3.8) is 0 Å². The minimum Gasteiger partial charge on any atom is -0.387 e. The van der Waals surface area contributed by atoms with Crippen LogP contribution in [0.5, 0.6) is 0 Å². The number of nitrogens with one attached hydrogen (secondary N) is 1. The summed E-state index contributed by atoms with van der Waals surface area (Å²) in [6.07, 6.45) is 1.79. The molecule has 1 aliphatic rings. The molecule has 3 nitrogen and oxygen atoms in total. The maximum atomic E-state index is 10.0. The zero-order valence-electron chi connectivity index (χ0n) is 9.84. The molecule has 0 amide bonds. The Hall–Kier alpha value is -0.120. The third-order valence-corrected chi connectivity index (χ3v) is 2.90. The Kier molecular flexibility index (Phi) is 3.93. The lowest BCUT2D eigenvalue weighted by atomic mass is 9.84. The number of hydrogen-bond donors (Lipinski definition) is 2. The van der Waals surface area contributed by atoms with Crippen LogP contribution in [0.25, 0.3) is 0 Å². The first-order chi connectivity index (χ1) is 6.41. The molecule has 3 heteroatoms. The third-order valence-electron chi connectivity index (χ3n) is 2.90. The lowest BCUT2D eigenvalue weighted by molar-refractivity contribution is -0.862.